The number of hydrogen-bond acceptors (Lipinski definition) is 7. The number of hydrogen-bond donors (Lipinski definition) is 1. The van der Waals surface area contributed by atoms with Gasteiger partial charge in [0, 0.05) is 5.69 Å². The molecule has 1 aliphatic heterocycles. The molecular formula is C36H30BrN3O5S. The van der Waals surface area contributed by atoms with E-state index in [1.54, 1.807) is 31.8 Å². The van der Waals surface area contributed by atoms with E-state index in [1.165, 1.54) is 11.3 Å². The van der Waals surface area contributed by atoms with Gasteiger partial charge in [-0.05, 0) is 82.0 Å². The molecule has 1 amide bonds. The molecule has 1 aliphatic rings. The fourth-order valence-corrected chi connectivity index (χ4v) is 6.90. The van der Waals surface area contributed by atoms with E-state index < -0.39 is 6.04 Å². The number of nitrogens with one attached hydrogen (secondary N) is 1. The number of halogens is 1. The molecule has 4 aromatic carbocycles. The van der Waals surface area contributed by atoms with Gasteiger partial charge in [-0.3, -0.25) is 14.2 Å². The van der Waals surface area contributed by atoms with Crippen molar-refractivity contribution in [3.63, 3.8) is 0 Å². The Morgan fingerprint density at radius 2 is 1.67 bits per heavy atom. The van der Waals surface area contributed by atoms with Gasteiger partial charge in [0.1, 0.15) is 12.4 Å². The van der Waals surface area contributed by atoms with Crippen LogP contribution in [0.15, 0.2) is 123 Å². The van der Waals surface area contributed by atoms with Gasteiger partial charge in [-0.2, -0.15) is 0 Å². The standard InChI is InChI=1S/C36H30BrN3O5S/c1-22-31(34(41)39-26-12-8-5-9-13-26)32(25-14-16-27(43-2)17-15-25)40-35(42)30(46-36(40)38-22)20-24-18-28(37)33(29(19-24)44-3)45-21-23-10-6-4-7-11-23/h4-20,32H,21H2,1-3H3,(H,39,41)/b30-20+/t32-/m1/s1. The highest BCUT2D eigenvalue weighted by atomic mass is 79.9. The van der Waals surface area contributed by atoms with Gasteiger partial charge >= 0.3 is 0 Å². The summed E-state index contributed by atoms with van der Waals surface area (Å²) in [5.74, 6) is 1.43. The SMILES string of the molecule is COc1ccc([C@@H]2C(C(=O)Nc3ccccc3)=C(C)N=c3s/c(=C/c4cc(Br)c(OCc5ccccc5)c(OC)c4)c(=O)n32)cc1. The van der Waals surface area contributed by atoms with E-state index in [0.717, 1.165) is 16.7 Å². The summed E-state index contributed by atoms with van der Waals surface area (Å²) in [6.07, 6.45) is 1.80. The third-order valence-electron chi connectivity index (χ3n) is 7.51. The molecule has 0 aliphatic carbocycles. The highest BCUT2D eigenvalue weighted by molar-refractivity contribution is 9.10. The Hall–Kier alpha value is -4.93. The van der Waals surface area contributed by atoms with E-state index in [-0.39, 0.29) is 11.5 Å². The van der Waals surface area contributed by atoms with Gasteiger partial charge in [-0.15, -0.1) is 0 Å². The highest BCUT2D eigenvalue weighted by Gasteiger charge is 2.32. The Kier molecular flexibility index (Phi) is 9.18. The van der Waals surface area contributed by atoms with Crippen LogP contribution in [0.4, 0.5) is 5.69 Å². The number of thiazole rings is 1. The van der Waals surface area contributed by atoms with Gasteiger partial charge < -0.3 is 19.5 Å². The summed E-state index contributed by atoms with van der Waals surface area (Å²) in [7, 11) is 3.17. The molecule has 46 heavy (non-hydrogen) atoms. The van der Waals surface area contributed by atoms with E-state index in [1.807, 2.05) is 97.1 Å². The van der Waals surface area contributed by atoms with Crippen LogP contribution in [0, 0.1) is 0 Å². The predicted molar refractivity (Wildman–Crippen MR) is 183 cm³/mol. The fraction of sp³-hybridized carbons (Fsp3) is 0.139. The average Bonchev–Trinajstić information content (AvgIpc) is 3.37. The summed E-state index contributed by atoms with van der Waals surface area (Å²) in [4.78, 5) is 33.2. The number of carbonyl (C=O) groups is 1. The number of nitrogens with zero attached hydrogens (tertiary/aromatic N) is 2. The second-order valence-electron chi connectivity index (χ2n) is 10.5. The highest BCUT2D eigenvalue weighted by Crippen LogP contribution is 2.37. The van der Waals surface area contributed by atoms with Crippen LogP contribution in [0.5, 0.6) is 17.2 Å². The summed E-state index contributed by atoms with van der Waals surface area (Å²) in [6, 6.07) is 29.4. The van der Waals surface area contributed by atoms with Crippen molar-refractivity contribution in [3.8, 4) is 17.2 Å². The van der Waals surface area contributed by atoms with Gasteiger partial charge in [0.2, 0.25) is 0 Å². The summed E-state index contributed by atoms with van der Waals surface area (Å²) < 4.78 is 19.9. The maximum atomic E-state index is 14.2. The van der Waals surface area contributed by atoms with Crippen molar-refractivity contribution in [2.24, 2.45) is 4.99 Å². The number of ether oxygens (including phenoxy) is 3. The maximum Gasteiger partial charge on any atom is 0.271 e. The monoisotopic (exact) mass is 695 g/mol. The average molecular weight is 697 g/mol. The lowest BCUT2D eigenvalue weighted by Crippen LogP contribution is -2.40. The zero-order valence-electron chi connectivity index (χ0n) is 25.3. The number of aromatic nitrogens is 1. The first-order chi connectivity index (χ1) is 22.4. The van der Waals surface area contributed by atoms with Crippen molar-refractivity contribution < 1.29 is 19.0 Å². The van der Waals surface area contributed by atoms with Gasteiger partial charge in [-0.25, -0.2) is 4.99 Å². The molecule has 0 saturated heterocycles. The first kappa shape index (κ1) is 31.1. The third kappa shape index (κ3) is 6.40. The molecule has 0 spiro atoms. The lowest BCUT2D eigenvalue weighted by atomic mass is 9.95. The number of fused-ring (bicyclic) bond motifs is 1. The zero-order valence-corrected chi connectivity index (χ0v) is 27.7. The summed E-state index contributed by atoms with van der Waals surface area (Å²) in [5.41, 5.74) is 3.82. The quantitative estimate of drug-likeness (QED) is 0.197. The van der Waals surface area contributed by atoms with Crippen LogP contribution in [0.1, 0.15) is 29.7 Å². The molecule has 232 valence electrons. The summed E-state index contributed by atoms with van der Waals surface area (Å²) in [5, 5.41) is 2.97. The smallest absolute Gasteiger partial charge is 0.271 e. The summed E-state index contributed by atoms with van der Waals surface area (Å²) in [6.45, 7) is 2.17. The predicted octanol–water partition coefficient (Wildman–Crippen LogP) is 6.23. The minimum absolute atomic E-state index is 0.262. The number of allylic oxidation sites excluding steroid dienone is 1. The number of methoxy groups -OCH3 is 2. The van der Waals surface area contributed by atoms with Crippen molar-refractivity contribution in [1.29, 1.82) is 0 Å². The van der Waals surface area contributed by atoms with Crippen LogP contribution in [0.25, 0.3) is 6.08 Å². The number of anilines is 1. The lowest BCUT2D eigenvalue weighted by Gasteiger charge is -2.25. The van der Waals surface area contributed by atoms with E-state index in [0.29, 0.717) is 54.6 Å². The topological polar surface area (TPSA) is 91.2 Å². The van der Waals surface area contributed by atoms with Gasteiger partial charge in [-0.1, -0.05) is 72.0 Å². The van der Waals surface area contributed by atoms with Gasteiger partial charge in [0.25, 0.3) is 11.5 Å². The molecule has 6 rings (SSSR count). The first-order valence-electron chi connectivity index (χ1n) is 14.4. The molecule has 0 radical (unpaired) electrons. The number of amides is 1. The molecule has 10 heteroatoms. The third-order valence-corrected chi connectivity index (χ3v) is 9.08. The number of benzene rings is 4. The molecule has 2 heterocycles. The van der Waals surface area contributed by atoms with E-state index in [2.05, 4.69) is 21.2 Å². The fourth-order valence-electron chi connectivity index (χ4n) is 5.28. The lowest BCUT2D eigenvalue weighted by molar-refractivity contribution is -0.113. The Morgan fingerprint density at radius 3 is 2.35 bits per heavy atom. The second-order valence-corrected chi connectivity index (χ2v) is 12.3. The molecular weight excluding hydrogens is 666 g/mol. The molecule has 8 nitrogen and oxygen atoms in total. The molecule has 0 unspecified atom stereocenters. The van der Waals surface area contributed by atoms with E-state index in [9.17, 15) is 9.59 Å². The minimum atomic E-state index is -0.706. The zero-order chi connectivity index (χ0) is 32.2. The van der Waals surface area contributed by atoms with Crippen molar-refractivity contribution in [1.82, 2.24) is 4.57 Å². The van der Waals surface area contributed by atoms with Gasteiger partial charge in [0.15, 0.2) is 16.3 Å². The second kappa shape index (κ2) is 13.6. The normalized spacial score (nSPS) is 14.3. The number of rotatable bonds is 9. The molecule has 1 atom stereocenters. The maximum absolute atomic E-state index is 14.2. The molecule has 5 aromatic rings. The Morgan fingerprint density at radius 1 is 0.978 bits per heavy atom. The van der Waals surface area contributed by atoms with Crippen LogP contribution in [0.3, 0.4) is 0 Å². The molecule has 0 saturated carbocycles. The number of para-hydroxylation sites is 1. The molecule has 1 N–H and O–H groups in total. The van der Waals surface area contributed by atoms with Crippen molar-refractivity contribution in [2.75, 3.05) is 19.5 Å². The summed E-state index contributed by atoms with van der Waals surface area (Å²) >= 11 is 4.89. The molecule has 0 bridgehead atoms. The molecule has 0 fully saturated rings. The van der Waals surface area contributed by atoms with E-state index >= 15 is 0 Å². The van der Waals surface area contributed by atoms with E-state index in [4.69, 9.17) is 19.2 Å². The van der Waals surface area contributed by atoms with Crippen LogP contribution in [-0.4, -0.2) is 24.7 Å². The minimum Gasteiger partial charge on any atom is -0.497 e. The first-order valence-corrected chi connectivity index (χ1v) is 16.0. The van der Waals surface area contributed by atoms with Crippen molar-refractivity contribution in [3.05, 3.63) is 149 Å². The van der Waals surface area contributed by atoms with Crippen molar-refractivity contribution in [2.45, 2.75) is 19.6 Å². The Labute approximate surface area is 278 Å². The van der Waals surface area contributed by atoms with Crippen LogP contribution >= 0.6 is 27.3 Å². The Bertz CT molecular complexity index is 2110. The largest absolute Gasteiger partial charge is 0.497 e. The van der Waals surface area contributed by atoms with Gasteiger partial charge in [0.05, 0.1) is 40.5 Å². The number of carbonyl (C=O) groups excluding carboxylic acids is 1. The molecule has 1 aromatic heterocycles. The Balaban J connectivity index is 1.41. The van der Waals surface area contributed by atoms with Crippen LogP contribution in [-0.2, 0) is 11.4 Å². The van der Waals surface area contributed by atoms with Crippen LogP contribution < -0.4 is 34.4 Å². The van der Waals surface area contributed by atoms with Crippen LogP contribution in [0.2, 0.25) is 0 Å². The van der Waals surface area contributed by atoms with Crippen molar-refractivity contribution >= 4 is 44.9 Å².